The maximum atomic E-state index is 12.9. The maximum Gasteiger partial charge on any atom is 0.293 e. The molecule has 2 atom stereocenters. The first kappa shape index (κ1) is 94.9. The first-order chi connectivity index (χ1) is 48.6. The zero-order chi connectivity index (χ0) is 76.0. The van der Waals surface area contributed by atoms with Gasteiger partial charge in [-0.1, -0.05) is 221 Å². The van der Waals surface area contributed by atoms with Crippen LogP contribution in [0.2, 0.25) is 0 Å². The fourth-order valence-electron chi connectivity index (χ4n) is 11.9. The Morgan fingerprint density at radius 3 is 1.09 bits per heavy atom. The number of hydrogen-bond acceptors (Lipinski definition) is 9. The van der Waals surface area contributed by atoms with E-state index in [4.69, 9.17) is 34.3 Å². The summed E-state index contributed by atoms with van der Waals surface area (Å²) >= 11 is 0. The monoisotopic (exact) mass is 1420 g/mol. The molecule has 0 amide bonds. The highest BCUT2D eigenvalue weighted by molar-refractivity contribution is 5.37. The molecule has 4 aliphatic heterocycles. The van der Waals surface area contributed by atoms with Gasteiger partial charge in [-0.05, 0) is 270 Å². The van der Waals surface area contributed by atoms with Gasteiger partial charge in [0, 0.05) is 39.6 Å². The van der Waals surface area contributed by atoms with Gasteiger partial charge < -0.3 is 39.0 Å². The number of phenolic OH excluding ortho intramolecular Hbond substituents is 2. The van der Waals surface area contributed by atoms with E-state index < -0.39 is 5.82 Å². The van der Waals surface area contributed by atoms with Crippen LogP contribution in [-0.2, 0) is 73.8 Å². The second-order valence-electron chi connectivity index (χ2n) is 32.7. The van der Waals surface area contributed by atoms with Gasteiger partial charge >= 0.3 is 0 Å². The molecular formula is C92H151FO9. The van der Waals surface area contributed by atoms with E-state index in [0.29, 0.717) is 37.0 Å². The number of carbonyl (C=O) groups excluding carboxylic acids is 1. The van der Waals surface area contributed by atoms with E-state index in [1.54, 1.807) is 18.2 Å². The largest absolute Gasteiger partial charge is 0.508 e. The molecule has 0 aromatic heterocycles. The van der Waals surface area contributed by atoms with Gasteiger partial charge in [0.25, 0.3) is 6.47 Å². The highest BCUT2D eigenvalue weighted by atomic mass is 19.1. The van der Waals surface area contributed by atoms with Crippen molar-refractivity contribution in [1.82, 2.24) is 0 Å². The molecule has 10 heteroatoms. The summed E-state index contributed by atoms with van der Waals surface area (Å²) in [6, 6.07) is 37.3. The predicted molar refractivity (Wildman–Crippen MR) is 431 cm³/mol. The average molecular weight is 1420 g/mol. The minimum absolute atomic E-state index is 0.143. The maximum absolute atomic E-state index is 12.9. The summed E-state index contributed by atoms with van der Waals surface area (Å²) in [5, 5.41) is 26.8. The van der Waals surface area contributed by atoms with Crippen molar-refractivity contribution in [3.63, 3.8) is 0 Å². The lowest BCUT2D eigenvalue weighted by Crippen LogP contribution is -2.19. The van der Waals surface area contributed by atoms with E-state index in [-0.39, 0.29) is 12.4 Å². The fraction of sp³-hybridized carbons (Fsp3) is 0.663. The van der Waals surface area contributed by atoms with Crippen LogP contribution in [-0.4, -0.2) is 73.6 Å². The van der Waals surface area contributed by atoms with Gasteiger partial charge in [0.1, 0.15) is 12.4 Å². The van der Waals surface area contributed by atoms with Crippen molar-refractivity contribution >= 4 is 6.47 Å². The Labute approximate surface area is 625 Å². The number of aryl methyl sites for hydroxylation is 6. The van der Waals surface area contributed by atoms with Crippen LogP contribution in [0.1, 0.15) is 272 Å². The number of benzene rings is 5. The van der Waals surface area contributed by atoms with Crippen LogP contribution < -0.4 is 0 Å². The molecule has 4 heterocycles. The summed E-state index contributed by atoms with van der Waals surface area (Å²) in [6.07, 6.45) is 26.8. The van der Waals surface area contributed by atoms with Crippen LogP contribution in [0.25, 0.3) is 0 Å². The highest BCUT2D eigenvalue weighted by Gasteiger charge is 2.19. The third-order valence-electron chi connectivity index (χ3n) is 18.5. The molecule has 580 valence electrons. The zero-order valence-corrected chi connectivity index (χ0v) is 68.2. The average Bonchev–Trinajstić information content (AvgIpc) is 1.59. The van der Waals surface area contributed by atoms with Gasteiger partial charge in [-0.2, -0.15) is 0 Å². The van der Waals surface area contributed by atoms with Crippen LogP contribution in [0.4, 0.5) is 4.39 Å². The van der Waals surface area contributed by atoms with Gasteiger partial charge in [-0.25, -0.2) is 4.39 Å². The van der Waals surface area contributed by atoms with Crippen molar-refractivity contribution in [2.45, 2.75) is 292 Å². The number of hydrogen-bond donors (Lipinski definition) is 3. The van der Waals surface area contributed by atoms with E-state index in [1.807, 2.05) is 36.4 Å². The topological polar surface area (TPSA) is 124 Å². The van der Waals surface area contributed by atoms with Crippen molar-refractivity contribution in [3.8, 4) is 11.5 Å². The van der Waals surface area contributed by atoms with E-state index in [1.165, 1.54) is 143 Å². The second-order valence-corrected chi connectivity index (χ2v) is 32.7. The smallest absolute Gasteiger partial charge is 0.293 e. The SMILES string of the molecule is CC(C)C1CCOCC1.CC(C)CC1CCOCC1.CC(C)CCc1ccc(CO)cc1.CC(C)CCc1ccc(COC=O)cc1.CC(C)CCc1ccc(O)c(F)c1.CC(C)CCc1ccc(O)cc1.CC(C)C[C@@H]1CCCO1.CC(C)C[C@H]1CCCO1.Cc1ccc(CCC(C)C)cc1. The van der Waals surface area contributed by atoms with Crippen molar-refractivity contribution in [2.75, 3.05) is 39.6 Å². The molecule has 4 fully saturated rings. The second kappa shape index (κ2) is 59.1. The molecule has 0 spiro atoms. The van der Waals surface area contributed by atoms with Gasteiger partial charge in [0.15, 0.2) is 11.6 Å². The molecule has 0 aliphatic carbocycles. The summed E-state index contributed by atoms with van der Waals surface area (Å²) in [5.74, 6) is 8.44. The molecule has 0 saturated carbocycles. The number of carbonyl (C=O) groups is 1. The molecule has 0 unspecified atom stereocenters. The van der Waals surface area contributed by atoms with E-state index >= 15 is 0 Å². The number of rotatable bonds is 26. The summed E-state index contributed by atoms with van der Waals surface area (Å²) in [7, 11) is 0. The van der Waals surface area contributed by atoms with E-state index in [0.717, 1.165) is 148 Å². The van der Waals surface area contributed by atoms with Crippen molar-refractivity contribution in [2.24, 2.45) is 65.1 Å². The normalized spacial score (nSPS) is 15.8. The third kappa shape index (κ3) is 53.6. The Morgan fingerprint density at radius 1 is 0.422 bits per heavy atom. The number of aromatic hydroxyl groups is 2. The lowest BCUT2D eigenvalue weighted by atomic mass is 9.89. The van der Waals surface area contributed by atoms with Crippen molar-refractivity contribution in [1.29, 1.82) is 0 Å². The van der Waals surface area contributed by atoms with Crippen LogP contribution in [0.15, 0.2) is 115 Å². The minimum Gasteiger partial charge on any atom is -0.508 e. The Balaban J connectivity index is 0.000000576. The van der Waals surface area contributed by atoms with E-state index in [9.17, 15) is 9.18 Å². The zero-order valence-electron chi connectivity index (χ0n) is 68.2. The Kier molecular flexibility index (Phi) is 55.0. The molecule has 0 bridgehead atoms. The standard InChI is InChI=1S/C13H18O2.C12H18O.C12H18.C11H15FO.C11H16O.C9H18O.3C8H16O/c1-11(2)3-4-12-5-7-13(8-6-12)9-15-10-14;1-10(2)3-4-11-5-7-12(9-13)8-6-11;1-10(2)4-7-12-8-5-11(3)6-9-12;1-8(2)3-4-9-5-6-11(13)10(12)7-9;1-9(2)3-4-10-5-7-11(12)8-6-10;1-8(2)7-9-3-5-10-6-4-9;1-7(2)8-3-5-9-6-4-8;2*1-7(2)6-8-4-3-5-9-8/h5-8,10-11H,3-4,9H2,1-2H3;5-8,10,13H,3-4,9H2,1-2H3;5-6,8-10H,4,7H2,1-3H3;5-8,13H,3-4H2,1-2H3;5-9,12H,3-4H2,1-2H3;8-9H,3-7H2,1-2H3;3*7-8H,3-6H2,1-2H3/t;;;;;;;2*8-/m.......10/s1. The Hall–Kier alpha value is -5.10. The minimum atomic E-state index is -0.527. The summed E-state index contributed by atoms with van der Waals surface area (Å²) in [4.78, 5) is 10.0. The Morgan fingerprint density at radius 2 is 0.765 bits per heavy atom. The van der Waals surface area contributed by atoms with Crippen molar-refractivity contribution in [3.05, 3.63) is 166 Å². The fourth-order valence-corrected chi connectivity index (χ4v) is 11.9. The van der Waals surface area contributed by atoms with Crippen LogP contribution in [0.5, 0.6) is 11.5 Å². The van der Waals surface area contributed by atoms with Crippen LogP contribution >= 0.6 is 0 Å². The van der Waals surface area contributed by atoms with Crippen LogP contribution in [0.3, 0.4) is 0 Å². The first-order valence-electron chi connectivity index (χ1n) is 40.1. The molecule has 3 N–H and O–H groups in total. The number of phenols is 2. The van der Waals surface area contributed by atoms with Crippen molar-refractivity contribution < 1.29 is 48.2 Å². The van der Waals surface area contributed by atoms with Crippen LogP contribution in [0, 0.1) is 77.8 Å². The molecule has 4 aliphatic rings. The predicted octanol–water partition coefficient (Wildman–Crippen LogP) is 24.4. The van der Waals surface area contributed by atoms with Gasteiger partial charge in [-0.3, -0.25) is 4.79 Å². The molecule has 4 saturated heterocycles. The van der Waals surface area contributed by atoms with Gasteiger partial charge in [0.05, 0.1) is 18.8 Å². The molecule has 5 aromatic rings. The molecular weight excluding hydrogens is 1270 g/mol. The molecule has 5 aromatic carbocycles. The first-order valence-corrected chi connectivity index (χ1v) is 40.1. The third-order valence-corrected chi connectivity index (χ3v) is 18.5. The lowest BCUT2D eigenvalue weighted by Gasteiger charge is -2.24. The summed E-state index contributed by atoms with van der Waals surface area (Å²) < 4.78 is 39.0. The molecule has 0 radical (unpaired) electrons. The summed E-state index contributed by atoms with van der Waals surface area (Å²) in [6.45, 7) is 49.5. The highest BCUT2D eigenvalue weighted by Crippen LogP contribution is 2.25. The summed E-state index contributed by atoms with van der Waals surface area (Å²) in [5.41, 5.74) is 9.82. The number of ether oxygens (including phenoxy) is 5. The van der Waals surface area contributed by atoms with E-state index in [2.05, 4.69) is 185 Å². The quantitative estimate of drug-likeness (QED) is 0.0464. The molecule has 9 nitrogen and oxygen atoms in total. The number of halogens is 1. The van der Waals surface area contributed by atoms with Gasteiger partial charge in [-0.15, -0.1) is 0 Å². The van der Waals surface area contributed by atoms with Gasteiger partial charge in [0.2, 0.25) is 0 Å². The molecule has 9 rings (SSSR count). The number of aliphatic hydroxyl groups is 1. The Bertz CT molecular complexity index is 2620. The molecule has 102 heavy (non-hydrogen) atoms. The lowest BCUT2D eigenvalue weighted by molar-refractivity contribution is -0.129. The number of aliphatic hydroxyl groups excluding tert-OH is 1.